The molecule has 0 aromatic heterocycles. The van der Waals surface area contributed by atoms with Gasteiger partial charge in [0.05, 0.1) is 17.7 Å². The van der Waals surface area contributed by atoms with E-state index < -0.39 is 10.0 Å². The van der Waals surface area contributed by atoms with Crippen molar-refractivity contribution >= 4 is 21.6 Å². The molecular weight excluding hydrogens is 408 g/mol. The van der Waals surface area contributed by atoms with Gasteiger partial charge in [0.25, 0.3) is 0 Å². The Morgan fingerprint density at radius 2 is 1.83 bits per heavy atom. The van der Waals surface area contributed by atoms with Crippen molar-refractivity contribution in [3.8, 4) is 17.2 Å². The first-order valence-corrected chi connectivity index (χ1v) is 11.2. The van der Waals surface area contributed by atoms with Gasteiger partial charge in [0.2, 0.25) is 22.7 Å². The molecule has 9 heteroatoms. The van der Waals surface area contributed by atoms with Crippen molar-refractivity contribution in [2.45, 2.75) is 31.6 Å². The molecule has 1 aliphatic rings. The normalized spacial score (nSPS) is 12.8. The molecular formula is C21H26N2O6S. The van der Waals surface area contributed by atoms with Crippen molar-refractivity contribution in [1.29, 1.82) is 0 Å². The van der Waals surface area contributed by atoms with E-state index in [2.05, 4.69) is 5.32 Å². The molecule has 2 aromatic rings. The topological polar surface area (TPSA) is 94.2 Å². The van der Waals surface area contributed by atoms with Crippen molar-refractivity contribution in [1.82, 2.24) is 4.31 Å². The van der Waals surface area contributed by atoms with Gasteiger partial charge in [0, 0.05) is 19.5 Å². The molecule has 1 amide bonds. The zero-order valence-electron chi connectivity index (χ0n) is 17.3. The number of nitrogens with one attached hydrogen (secondary N) is 1. The number of anilines is 1. The third-order valence-corrected chi connectivity index (χ3v) is 6.91. The molecule has 0 atom stereocenters. The van der Waals surface area contributed by atoms with E-state index in [-0.39, 0.29) is 24.0 Å². The lowest BCUT2D eigenvalue weighted by Crippen LogP contribution is -2.30. The van der Waals surface area contributed by atoms with Crippen LogP contribution in [-0.4, -0.2) is 45.6 Å². The molecule has 1 heterocycles. The van der Waals surface area contributed by atoms with E-state index in [1.807, 2.05) is 18.2 Å². The SMILES string of the molecule is CCN(CC)S(=O)(=O)c1ccc(OC)c(NC(=O)CCc2ccc3c(c2)OCO3)c1. The summed E-state index contributed by atoms with van der Waals surface area (Å²) >= 11 is 0. The average Bonchev–Trinajstić information content (AvgIpc) is 3.20. The number of ether oxygens (including phenoxy) is 3. The van der Waals surface area contributed by atoms with Crippen LogP contribution >= 0.6 is 0 Å². The van der Waals surface area contributed by atoms with Crippen LogP contribution in [0.3, 0.4) is 0 Å². The van der Waals surface area contributed by atoms with Crippen LogP contribution in [0.2, 0.25) is 0 Å². The fourth-order valence-corrected chi connectivity index (χ4v) is 4.71. The molecule has 0 aliphatic carbocycles. The Bertz CT molecular complexity index is 1020. The number of amides is 1. The van der Waals surface area contributed by atoms with Crippen LogP contribution in [0.1, 0.15) is 25.8 Å². The maximum Gasteiger partial charge on any atom is 0.243 e. The lowest BCUT2D eigenvalue weighted by molar-refractivity contribution is -0.116. The first-order chi connectivity index (χ1) is 14.4. The minimum Gasteiger partial charge on any atom is -0.495 e. The largest absolute Gasteiger partial charge is 0.495 e. The highest BCUT2D eigenvalue weighted by molar-refractivity contribution is 7.89. The van der Waals surface area contributed by atoms with Crippen molar-refractivity contribution in [3.05, 3.63) is 42.0 Å². The van der Waals surface area contributed by atoms with E-state index in [1.165, 1.54) is 23.5 Å². The number of methoxy groups -OCH3 is 1. The molecule has 0 unspecified atom stereocenters. The van der Waals surface area contributed by atoms with Gasteiger partial charge in [-0.2, -0.15) is 4.31 Å². The summed E-state index contributed by atoms with van der Waals surface area (Å²) in [6.45, 7) is 4.49. The lowest BCUT2D eigenvalue weighted by Gasteiger charge is -2.19. The predicted molar refractivity (Wildman–Crippen MR) is 113 cm³/mol. The van der Waals surface area contributed by atoms with Gasteiger partial charge in [-0.1, -0.05) is 19.9 Å². The highest BCUT2D eigenvalue weighted by atomic mass is 32.2. The minimum atomic E-state index is -3.64. The molecule has 3 rings (SSSR count). The Hall–Kier alpha value is -2.78. The Balaban J connectivity index is 1.72. The number of hydrogen-bond donors (Lipinski definition) is 1. The second kappa shape index (κ2) is 9.36. The molecule has 0 radical (unpaired) electrons. The van der Waals surface area contributed by atoms with Gasteiger partial charge in [0.1, 0.15) is 5.75 Å². The summed E-state index contributed by atoms with van der Waals surface area (Å²) < 4.78 is 42.9. The lowest BCUT2D eigenvalue weighted by atomic mass is 10.1. The molecule has 1 aliphatic heterocycles. The Labute approximate surface area is 176 Å². The first-order valence-electron chi connectivity index (χ1n) is 9.75. The maximum atomic E-state index is 12.8. The van der Waals surface area contributed by atoms with Crippen LogP contribution in [0, 0.1) is 0 Å². The van der Waals surface area contributed by atoms with Crippen molar-refractivity contribution < 1.29 is 27.4 Å². The van der Waals surface area contributed by atoms with Crippen molar-refractivity contribution in [3.63, 3.8) is 0 Å². The van der Waals surface area contributed by atoms with Crippen LogP contribution < -0.4 is 19.5 Å². The number of nitrogens with zero attached hydrogens (tertiary/aromatic N) is 1. The average molecular weight is 435 g/mol. The zero-order valence-corrected chi connectivity index (χ0v) is 18.1. The molecule has 1 N–H and O–H groups in total. The monoisotopic (exact) mass is 434 g/mol. The Kier molecular flexibility index (Phi) is 6.84. The van der Waals surface area contributed by atoms with E-state index in [9.17, 15) is 13.2 Å². The number of carbonyl (C=O) groups excluding carboxylic acids is 1. The molecule has 0 fully saturated rings. The number of benzene rings is 2. The van der Waals surface area contributed by atoms with Crippen molar-refractivity contribution in [2.24, 2.45) is 0 Å². The Morgan fingerprint density at radius 1 is 1.10 bits per heavy atom. The molecule has 0 spiro atoms. The highest BCUT2D eigenvalue weighted by Crippen LogP contribution is 2.33. The van der Waals surface area contributed by atoms with Gasteiger partial charge in [-0.05, 0) is 42.3 Å². The molecule has 162 valence electrons. The second-order valence-corrected chi connectivity index (χ2v) is 8.63. The van der Waals surface area contributed by atoms with Gasteiger partial charge in [0.15, 0.2) is 11.5 Å². The smallest absolute Gasteiger partial charge is 0.243 e. The van der Waals surface area contributed by atoms with Crippen molar-refractivity contribution in [2.75, 3.05) is 32.3 Å². The summed E-state index contributed by atoms with van der Waals surface area (Å²) in [6.07, 6.45) is 0.720. The molecule has 0 saturated heterocycles. The summed E-state index contributed by atoms with van der Waals surface area (Å²) in [7, 11) is -2.18. The number of carbonyl (C=O) groups is 1. The minimum absolute atomic E-state index is 0.109. The number of rotatable bonds is 9. The Morgan fingerprint density at radius 3 is 2.53 bits per heavy atom. The fraction of sp³-hybridized carbons (Fsp3) is 0.381. The summed E-state index contributed by atoms with van der Waals surface area (Å²) in [5.74, 6) is 1.51. The maximum absolute atomic E-state index is 12.8. The van der Waals surface area contributed by atoms with Gasteiger partial charge in [-0.15, -0.1) is 0 Å². The molecule has 2 aromatic carbocycles. The third kappa shape index (κ3) is 4.68. The quantitative estimate of drug-likeness (QED) is 0.652. The van der Waals surface area contributed by atoms with E-state index in [0.717, 1.165) is 5.56 Å². The molecule has 30 heavy (non-hydrogen) atoms. The standard InChI is InChI=1S/C21H26N2O6S/c1-4-23(5-2)30(25,26)16-8-10-18(27-3)17(13-16)22-21(24)11-7-15-6-9-19-20(12-15)29-14-28-19/h6,8-10,12-13H,4-5,7,11,14H2,1-3H3,(H,22,24). The van der Waals surface area contributed by atoms with E-state index in [0.29, 0.717) is 42.4 Å². The molecule has 8 nitrogen and oxygen atoms in total. The van der Waals surface area contributed by atoms with Gasteiger partial charge in [-0.3, -0.25) is 4.79 Å². The third-order valence-electron chi connectivity index (χ3n) is 4.87. The van der Waals surface area contributed by atoms with Crippen LogP contribution in [0.15, 0.2) is 41.3 Å². The first kappa shape index (κ1) is 21.9. The van der Waals surface area contributed by atoms with Gasteiger partial charge in [-0.25, -0.2) is 8.42 Å². The number of sulfonamides is 1. The number of aryl methyl sites for hydroxylation is 1. The predicted octanol–water partition coefficient (Wildman–Crippen LogP) is 3.03. The number of fused-ring (bicyclic) bond motifs is 1. The van der Waals surface area contributed by atoms with Crippen LogP contribution in [0.5, 0.6) is 17.2 Å². The van der Waals surface area contributed by atoms with E-state index in [4.69, 9.17) is 14.2 Å². The highest BCUT2D eigenvalue weighted by Gasteiger charge is 2.23. The molecule has 0 bridgehead atoms. The zero-order chi connectivity index (χ0) is 21.7. The summed E-state index contributed by atoms with van der Waals surface area (Å²) in [5, 5.41) is 2.77. The fourth-order valence-electron chi connectivity index (χ4n) is 3.22. The van der Waals surface area contributed by atoms with Gasteiger partial charge >= 0.3 is 0 Å². The van der Waals surface area contributed by atoms with Gasteiger partial charge < -0.3 is 19.5 Å². The summed E-state index contributed by atoms with van der Waals surface area (Å²) in [4.78, 5) is 12.6. The number of hydrogen-bond acceptors (Lipinski definition) is 6. The second-order valence-electron chi connectivity index (χ2n) is 6.69. The van der Waals surface area contributed by atoms with Crippen LogP contribution in [-0.2, 0) is 21.2 Å². The summed E-state index contributed by atoms with van der Waals surface area (Å²) in [5.41, 5.74) is 1.26. The van der Waals surface area contributed by atoms with Crippen LogP contribution in [0.4, 0.5) is 5.69 Å². The van der Waals surface area contributed by atoms with E-state index >= 15 is 0 Å². The summed E-state index contributed by atoms with van der Waals surface area (Å²) in [6, 6.07) is 10.0. The molecule has 0 saturated carbocycles. The van der Waals surface area contributed by atoms with Crippen LogP contribution in [0.25, 0.3) is 0 Å². The van der Waals surface area contributed by atoms with E-state index in [1.54, 1.807) is 19.9 Å².